The molecule has 0 bridgehead atoms. The van der Waals surface area contributed by atoms with E-state index >= 15 is 0 Å². The summed E-state index contributed by atoms with van der Waals surface area (Å²) in [6.07, 6.45) is 4.78. The van der Waals surface area contributed by atoms with Gasteiger partial charge in [-0.15, -0.1) is 0 Å². The van der Waals surface area contributed by atoms with Crippen LogP contribution in [0.3, 0.4) is 0 Å². The predicted octanol–water partition coefficient (Wildman–Crippen LogP) is 0.787. The van der Waals surface area contributed by atoms with Crippen molar-refractivity contribution in [2.24, 2.45) is 5.92 Å². The Morgan fingerprint density at radius 1 is 1.71 bits per heavy atom. The number of H-pyrrole nitrogens is 1. The first-order valence-corrected chi connectivity index (χ1v) is 5.04. The van der Waals surface area contributed by atoms with Crippen LogP contribution in [0.2, 0.25) is 0 Å². The van der Waals surface area contributed by atoms with Gasteiger partial charge in [-0.1, -0.05) is 0 Å². The van der Waals surface area contributed by atoms with Gasteiger partial charge < -0.3 is 10.3 Å². The first-order valence-electron chi connectivity index (χ1n) is 5.04. The number of imidazole rings is 1. The molecule has 4 nitrogen and oxygen atoms in total. The summed E-state index contributed by atoms with van der Waals surface area (Å²) < 4.78 is 0. The highest BCUT2D eigenvalue weighted by Crippen LogP contribution is 2.28. The van der Waals surface area contributed by atoms with Gasteiger partial charge in [-0.05, 0) is 19.8 Å². The molecular formula is C10H15N3O. The molecule has 1 heterocycles. The summed E-state index contributed by atoms with van der Waals surface area (Å²) in [5.74, 6) is 1.44. The van der Waals surface area contributed by atoms with Crippen LogP contribution < -0.4 is 5.32 Å². The van der Waals surface area contributed by atoms with E-state index in [9.17, 15) is 4.79 Å². The molecule has 4 heteroatoms. The summed E-state index contributed by atoms with van der Waals surface area (Å²) in [5.41, 5.74) is 1.08. The molecule has 0 radical (unpaired) electrons. The van der Waals surface area contributed by atoms with Gasteiger partial charge in [-0.25, -0.2) is 4.98 Å². The van der Waals surface area contributed by atoms with E-state index in [4.69, 9.17) is 0 Å². The monoisotopic (exact) mass is 193 g/mol. The number of aromatic amines is 1. The quantitative estimate of drug-likeness (QED) is 0.742. The average Bonchev–Trinajstić information content (AvgIpc) is 2.92. The third-order valence-electron chi connectivity index (χ3n) is 2.40. The van der Waals surface area contributed by atoms with E-state index in [-0.39, 0.29) is 5.91 Å². The minimum atomic E-state index is 0.209. The Kier molecular flexibility index (Phi) is 2.52. The molecule has 1 saturated carbocycles. The number of nitrogens with one attached hydrogen (secondary N) is 2. The molecule has 0 unspecified atom stereocenters. The maximum atomic E-state index is 11.3. The Labute approximate surface area is 83.1 Å². The van der Waals surface area contributed by atoms with Gasteiger partial charge in [0.25, 0.3) is 0 Å². The van der Waals surface area contributed by atoms with E-state index in [1.54, 1.807) is 0 Å². The van der Waals surface area contributed by atoms with Crippen molar-refractivity contribution in [1.29, 1.82) is 0 Å². The molecule has 0 saturated heterocycles. The van der Waals surface area contributed by atoms with Crippen molar-refractivity contribution < 1.29 is 4.79 Å². The van der Waals surface area contributed by atoms with Gasteiger partial charge in [0.15, 0.2) is 0 Å². The highest BCUT2D eigenvalue weighted by Gasteiger charge is 2.28. The number of hydrogen-bond donors (Lipinski definition) is 2. The van der Waals surface area contributed by atoms with Crippen molar-refractivity contribution >= 4 is 5.91 Å². The lowest BCUT2D eigenvalue weighted by Gasteiger charge is -2.01. The van der Waals surface area contributed by atoms with Gasteiger partial charge in [0.2, 0.25) is 5.91 Å². The van der Waals surface area contributed by atoms with Gasteiger partial charge in [0.05, 0.1) is 0 Å². The first kappa shape index (κ1) is 9.24. The lowest BCUT2D eigenvalue weighted by molar-refractivity contribution is -0.122. The molecular weight excluding hydrogens is 178 g/mol. The lowest BCUT2D eigenvalue weighted by Crippen LogP contribution is -2.26. The van der Waals surface area contributed by atoms with Crippen molar-refractivity contribution in [2.45, 2.75) is 26.2 Å². The predicted molar refractivity (Wildman–Crippen MR) is 52.8 cm³/mol. The Morgan fingerprint density at radius 3 is 3.07 bits per heavy atom. The normalized spacial score (nSPS) is 15.5. The fraction of sp³-hybridized carbons (Fsp3) is 0.600. The molecule has 1 amide bonds. The highest BCUT2D eigenvalue weighted by atomic mass is 16.2. The molecule has 2 rings (SSSR count). The van der Waals surface area contributed by atoms with Gasteiger partial charge in [0, 0.05) is 30.8 Å². The zero-order valence-electron chi connectivity index (χ0n) is 8.34. The summed E-state index contributed by atoms with van der Waals surface area (Å²) in [6, 6.07) is 0. The van der Waals surface area contributed by atoms with Crippen LogP contribution in [-0.4, -0.2) is 22.4 Å². The molecule has 2 N–H and O–H groups in total. The third-order valence-corrected chi connectivity index (χ3v) is 2.40. The summed E-state index contributed by atoms with van der Waals surface area (Å²) in [5, 5.41) is 2.92. The van der Waals surface area contributed by atoms with Crippen molar-refractivity contribution in [1.82, 2.24) is 15.3 Å². The molecule has 0 spiro atoms. The maximum Gasteiger partial charge on any atom is 0.223 e. The van der Waals surface area contributed by atoms with E-state index < -0.39 is 0 Å². The lowest BCUT2D eigenvalue weighted by atomic mass is 10.3. The second-order valence-corrected chi connectivity index (χ2v) is 3.81. The van der Waals surface area contributed by atoms with Crippen LogP contribution in [0.25, 0.3) is 0 Å². The Morgan fingerprint density at radius 2 is 2.50 bits per heavy atom. The SMILES string of the molecule is Cc1ncc(CCNC(=O)C2CC2)[nH]1. The van der Waals surface area contributed by atoms with Gasteiger partial charge >= 0.3 is 0 Å². The van der Waals surface area contributed by atoms with Crippen molar-refractivity contribution in [3.63, 3.8) is 0 Å². The van der Waals surface area contributed by atoms with E-state index in [1.165, 1.54) is 0 Å². The summed E-state index contributed by atoms with van der Waals surface area (Å²) in [7, 11) is 0. The molecule has 1 aliphatic carbocycles. The zero-order chi connectivity index (χ0) is 9.97. The van der Waals surface area contributed by atoms with Crippen LogP contribution in [0.4, 0.5) is 0 Å². The standard InChI is InChI=1S/C10H15N3O/c1-7-12-6-9(13-7)4-5-11-10(14)8-2-3-8/h6,8H,2-5H2,1H3,(H,11,14)(H,12,13). The number of carbonyl (C=O) groups excluding carboxylic acids is 1. The number of amides is 1. The largest absolute Gasteiger partial charge is 0.355 e. The topological polar surface area (TPSA) is 57.8 Å². The fourth-order valence-electron chi connectivity index (χ4n) is 1.41. The van der Waals surface area contributed by atoms with E-state index in [1.807, 2.05) is 13.1 Å². The van der Waals surface area contributed by atoms with Gasteiger partial charge in [-0.2, -0.15) is 0 Å². The van der Waals surface area contributed by atoms with Crippen molar-refractivity contribution in [2.75, 3.05) is 6.54 Å². The number of aromatic nitrogens is 2. The number of carbonyl (C=O) groups is 1. The molecule has 1 fully saturated rings. The highest BCUT2D eigenvalue weighted by molar-refractivity contribution is 5.80. The second kappa shape index (κ2) is 3.82. The molecule has 0 aromatic carbocycles. The molecule has 1 aromatic heterocycles. The second-order valence-electron chi connectivity index (χ2n) is 3.81. The van der Waals surface area contributed by atoms with Crippen LogP contribution in [0.15, 0.2) is 6.20 Å². The van der Waals surface area contributed by atoms with Crippen LogP contribution in [0.1, 0.15) is 24.4 Å². The summed E-state index contributed by atoms with van der Waals surface area (Å²) >= 11 is 0. The van der Waals surface area contributed by atoms with Crippen LogP contribution in [0.5, 0.6) is 0 Å². The molecule has 1 aliphatic rings. The average molecular weight is 193 g/mol. The third kappa shape index (κ3) is 2.34. The fourth-order valence-corrected chi connectivity index (χ4v) is 1.41. The number of nitrogens with zero attached hydrogens (tertiary/aromatic N) is 1. The Balaban J connectivity index is 1.69. The van der Waals surface area contributed by atoms with E-state index in [0.29, 0.717) is 12.5 Å². The minimum absolute atomic E-state index is 0.209. The number of rotatable bonds is 4. The molecule has 14 heavy (non-hydrogen) atoms. The first-order chi connectivity index (χ1) is 6.75. The van der Waals surface area contributed by atoms with Gasteiger partial charge in [0.1, 0.15) is 5.82 Å². The van der Waals surface area contributed by atoms with E-state index in [2.05, 4.69) is 15.3 Å². The molecule has 0 aliphatic heterocycles. The van der Waals surface area contributed by atoms with Crippen molar-refractivity contribution in [3.05, 3.63) is 17.7 Å². The van der Waals surface area contributed by atoms with Crippen molar-refractivity contribution in [3.8, 4) is 0 Å². The number of aryl methyl sites for hydroxylation is 1. The van der Waals surface area contributed by atoms with E-state index in [0.717, 1.165) is 30.8 Å². The zero-order valence-corrected chi connectivity index (χ0v) is 8.34. The van der Waals surface area contributed by atoms with Gasteiger partial charge in [-0.3, -0.25) is 4.79 Å². The van der Waals surface area contributed by atoms with Crippen LogP contribution >= 0.6 is 0 Å². The van der Waals surface area contributed by atoms with Crippen LogP contribution in [0, 0.1) is 12.8 Å². The maximum absolute atomic E-state index is 11.3. The summed E-state index contributed by atoms with van der Waals surface area (Å²) in [6.45, 7) is 2.63. The molecule has 0 atom stereocenters. The minimum Gasteiger partial charge on any atom is -0.355 e. The van der Waals surface area contributed by atoms with Crippen LogP contribution in [-0.2, 0) is 11.2 Å². The Hall–Kier alpha value is -1.32. The molecule has 76 valence electrons. The Bertz CT molecular complexity index is 328. The smallest absolute Gasteiger partial charge is 0.223 e. The molecule has 1 aromatic rings. The summed E-state index contributed by atoms with van der Waals surface area (Å²) in [4.78, 5) is 18.5. The number of hydrogen-bond acceptors (Lipinski definition) is 2.